The molecule has 3 amide bonds. The van der Waals surface area contributed by atoms with E-state index in [1.165, 1.54) is 16.7 Å². The van der Waals surface area contributed by atoms with Gasteiger partial charge in [-0.15, -0.1) is 0 Å². The summed E-state index contributed by atoms with van der Waals surface area (Å²) >= 11 is 1.20. The molecule has 2 N–H and O–H groups in total. The molecular weight excluding hydrogens is 518 g/mol. The van der Waals surface area contributed by atoms with Gasteiger partial charge in [-0.2, -0.15) is 0 Å². The lowest BCUT2D eigenvalue weighted by Crippen LogP contribution is -2.33. The van der Waals surface area contributed by atoms with Crippen molar-refractivity contribution in [1.82, 2.24) is 4.90 Å². The molecule has 0 saturated carbocycles. The Bertz CT molecular complexity index is 1440. The number of rotatable bonds is 10. The third-order valence-electron chi connectivity index (χ3n) is 6.14. The van der Waals surface area contributed by atoms with Crippen LogP contribution in [0.2, 0.25) is 0 Å². The number of thioether (sulfide) groups is 1. The smallest absolute Gasteiger partial charge is 0.278 e. The zero-order chi connectivity index (χ0) is 27.4. The van der Waals surface area contributed by atoms with Gasteiger partial charge in [0, 0.05) is 42.1 Å². The van der Waals surface area contributed by atoms with Crippen molar-refractivity contribution < 1.29 is 28.6 Å². The molecule has 9 nitrogen and oxygen atoms in total. The van der Waals surface area contributed by atoms with Crippen molar-refractivity contribution in [3.05, 3.63) is 88.5 Å². The van der Waals surface area contributed by atoms with Gasteiger partial charge in [0.1, 0.15) is 10.6 Å². The molecule has 3 aromatic rings. The van der Waals surface area contributed by atoms with Crippen molar-refractivity contribution in [3.8, 4) is 11.5 Å². The SMILES string of the molecule is COCCCN1C(=O)C(Nc2ccc(C)cc2)=C(Sc2ccc(NC(=O)c3ccc4c(c3)OCO4)cc2)C1=O. The number of hydrogen-bond acceptors (Lipinski definition) is 8. The maximum atomic E-state index is 13.3. The number of carbonyl (C=O) groups excluding carboxylic acids is 3. The minimum absolute atomic E-state index is 0.136. The second-order valence-corrected chi connectivity index (χ2v) is 10.0. The first-order valence-electron chi connectivity index (χ1n) is 12.3. The molecule has 0 atom stereocenters. The van der Waals surface area contributed by atoms with Crippen molar-refractivity contribution in [1.29, 1.82) is 0 Å². The van der Waals surface area contributed by atoms with Gasteiger partial charge in [0.05, 0.1) is 0 Å². The van der Waals surface area contributed by atoms with E-state index in [1.807, 2.05) is 31.2 Å². The summed E-state index contributed by atoms with van der Waals surface area (Å²) in [5, 5.41) is 6.01. The molecule has 0 aliphatic carbocycles. The fourth-order valence-corrected chi connectivity index (χ4v) is 5.02. The van der Waals surface area contributed by atoms with Gasteiger partial charge in [-0.25, -0.2) is 0 Å². The number of fused-ring (bicyclic) bond motifs is 1. The van der Waals surface area contributed by atoms with Crippen LogP contribution in [0.3, 0.4) is 0 Å². The predicted octanol–water partition coefficient (Wildman–Crippen LogP) is 4.80. The standard InChI is InChI=1S/C29H27N3O6S/c1-18-4-7-20(8-5-18)30-25-26(29(35)32(28(25)34)14-3-15-36-2)39-22-11-9-21(10-12-22)31-27(33)19-6-13-23-24(16-19)38-17-37-23/h4-13,16,30H,3,14-15,17H2,1-2H3,(H,31,33). The summed E-state index contributed by atoms with van der Waals surface area (Å²) in [7, 11) is 1.58. The number of amides is 3. The summed E-state index contributed by atoms with van der Waals surface area (Å²) in [5.41, 5.74) is 3.08. The first-order valence-corrected chi connectivity index (χ1v) is 13.2. The molecule has 0 unspecified atom stereocenters. The lowest BCUT2D eigenvalue weighted by Gasteiger charge is -2.14. The number of carbonyl (C=O) groups is 3. The van der Waals surface area contributed by atoms with E-state index in [9.17, 15) is 14.4 Å². The molecule has 2 aliphatic heterocycles. The number of nitrogens with one attached hydrogen (secondary N) is 2. The zero-order valence-corrected chi connectivity index (χ0v) is 22.3. The highest BCUT2D eigenvalue weighted by atomic mass is 32.2. The van der Waals surface area contributed by atoms with E-state index in [0.717, 1.165) is 16.1 Å². The summed E-state index contributed by atoms with van der Waals surface area (Å²) in [6.07, 6.45) is 0.543. The van der Waals surface area contributed by atoms with Gasteiger partial charge >= 0.3 is 0 Å². The maximum absolute atomic E-state index is 13.3. The quantitative estimate of drug-likeness (QED) is 0.277. The molecule has 0 spiro atoms. The van der Waals surface area contributed by atoms with Crippen LogP contribution in [0, 0.1) is 6.92 Å². The molecule has 0 radical (unpaired) electrons. The van der Waals surface area contributed by atoms with Crippen LogP contribution in [0.5, 0.6) is 11.5 Å². The largest absolute Gasteiger partial charge is 0.454 e. The van der Waals surface area contributed by atoms with E-state index >= 15 is 0 Å². The highest BCUT2D eigenvalue weighted by Gasteiger charge is 2.38. The number of nitrogens with zero attached hydrogens (tertiary/aromatic N) is 1. The molecular formula is C29H27N3O6S. The lowest BCUT2D eigenvalue weighted by molar-refractivity contribution is -0.137. The van der Waals surface area contributed by atoms with Crippen LogP contribution in [0.4, 0.5) is 11.4 Å². The van der Waals surface area contributed by atoms with Crippen LogP contribution < -0.4 is 20.1 Å². The number of methoxy groups -OCH3 is 1. The highest BCUT2D eigenvalue weighted by Crippen LogP contribution is 2.37. The van der Waals surface area contributed by atoms with E-state index in [-0.39, 0.29) is 36.8 Å². The number of ether oxygens (including phenoxy) is 3. The molecule has 10 heteroatoms. The molecule has 2 aliphatic rings. The first-order chi connectivity index (χ1) is 18.9. The number of benzene rings is 3. The van der Waals surface area contributed by atoms with Gasteiger partial charge in [-0.05, 0) is 67.9 Å². The van der Waals surface area contributed by atoms with Crippen molar-refractivity contribution in [2.45, 2.75) is 18.2 Å². The Morgan fingerprint density at radius 1 is 0.949 bits per heavy atom. The number of anilines is 2. The summed E-state index contributed by atoms with van der Waals surface area (Å²) in [6, 6.07) is 19.7. The Morgan fingerprint density at radius 2 is 1.67 bits per heavy atom. The van der Waals surface area contributed by atoms with Gasteiger partial charge in [0.15, 0.2) is 11.5 Å². The molecule has 3 aromatic carbocycles. The van der Waals surface area contributed by atoms with Crippen molar-refractivity contribution in [3.63, 3.8) is 0 Å². The second-order valence-electron chi connectivity index (χ2n) is 8.95. The van der Waals surface area contributed by atoms with E-state index in [2.05, 4.69) is 10.6 Å². The van der Waals surface area contributed by atoms with Gasteiger partial charge in [0.25, 0.3) is 17.7 Å². The highest BCUT2D eigenvalue weighted by molar-refractivity contribution is 8.04. The van der Waals surface area contributed by atoms with Gasteiger partial charge in [0.2, 0.25) is 6.79 Å². The third-order valence-corrected chi connectivity index (χ3v) is 7.23. The van der Waals surface area contributed by atoms with E-state index in [4.69, 9.17) is 14.2 Å². The van der Waals surface area contributed by atoms with Crippen LogP contribution in [0.1, 0.15) is 22.3 Å². The maximum Gasteiger partial charge on any atom is 0.278 e. The minimum Gasteiger partial charge on any atom is -0.454 e. The monoisotopic (exact) mass is 545 g/mol. The summed E-state index contributed by atoms with van der Waals surface area (Å²) in [4.78, 5) is 41.5. The Balaban J connectivity index is 1.32. The molecule has 39 heavy (non-hydrogen) atoms. The summed E-state index contributed by atoms with van der Waals surface area (Å²) in [5.74, 6) is 0.132. The summed E-state index contributed by atoms with van der Waals surface area (Å²) < 4.78 is 15.7. The van der Waals surface area contributed by atoms with Crippen LogP contribution >= 0.6 is 11.8 Å². The lowest BCUT2D eigenvalue weighted by atomic mass is 10.2. The summed E-state index contributed by atoms with van der Waals surface area (Å²) in [6.45, 7) is 2.82. The van der Waals surface area contributed by atoms with Crippen LogP contribution in [0.15, 0.2) is 82.2 Å². The number of aryl methyl sites for hydroxylation is 1. The van der Waals surface area contributed by atoms with E-state index in [1.54, 1.807) is 49.6 Å². The molecule has 2 heterocycles. The normalized spacial score (nSPS) is 14.3. The Labute approximate surface area is 230 Å². The van der Waals surface area contributed by atoms with Gasteiger partial charge < -0.3 is 24.8 Å². The molecule has 0 aromatic heterocycles. The predicted molar refractivity (Wildman–Crippen MR) is 148 cm³/mol. The molecule has 0 saturated heterocycles. The number of imide groups is 1. The van der Waals surface area contributed by atoms with Crippen LogP contribution in [0.25, 0.3) is 0 Å². The average molecular weight is 546 g/mol. The van der Waals surface area contributed by atoms with Crippen molar-refractivity contribution >= 4 is 40.9 Å². The topological polar surface area (TPSA) is 106 Å². The average Bonchev–Trinajstić information content (AvgIpc) is 3.50. The van der Waals surface area contributed by atoms with Gasteiger partial charge in [-0.1, -0.05) is 29.5 Å². The third kappa shape index (κ3) is 5.92. The van der Waals surface area contributed by atoms with Crippen LogP contribution in [-0.2, 0) is 14.3 Å². The van der Waals surface area contributed by atoms with E-state index in [0.29, 0.717) is 40.7 Å². The van der Waals surface area contributed by atoms with E-state index < -0.39 is 0 Å². The fraction of sp³-hybridized carbons (Fsp3) is 0.207. The Morgan fingerprint density at radius 3 is 2.41 bits per heavy atom. The molecule has 0 fully saturated rings. The minimum atomic E-state index is -0.369. The Kier molecular flexibility index (Phi) is 7.85. The second kappa shape index (κ2) is 11.6. The Hall–Kier alpha value is -4.28. The van der Waals surface area contributed by atoms with Crippen molar-refractivity contribution in [2.24, 2.45) is 0 Å². The molecule has 200 valence electrons. The molecule has 0 bridgehead atoms. The first kappa shape index (κ1) is 26.3. The zero-order valence-electron chi connectivity index (χ0n) is 21.5. The number of hydrogen-bond donors (Lipinski definition) is 2. The van der Waals surface area contributed by atoms with Gasteiger partial charge in [-0.3, -0.25) is 19.3 Å². The van der Waals surface area contributed by atoms with Crippen molar-refractivity contribution in [2.75, 3.05) is 37.7 Å². The van der Waals surface area contributed by atoms with Crippen LogP contribution in [-0.4, -0.2) is 49.7 Å². The fourth-order valence-electron chi connectivity index (χ4n) is 4.08. The molecule has 5 rings (SSSR count).